The molecular weight excluding hydrogens is 224 g/mol. The first-order valence-corrected chi connectivity index (χ1v) is 6.36. The Morgan fingerprint density at radius 2 is 1.93 bits per heavy atom. The van der Waals surface area contributed by atoms with E-state index in [0.717, 1.165) is 6.42 Å². The maximum absolute atomic E-state index is 6.39. The summed E-state index contributed by atoms with van der Waals surface area (Å²) in [4.78, 5) is 0. The minimum absolute atomic E-state index is 0.0960. The summed E-state index contributed by atoms with van der Waals surface area (Å²) >= 11 is 8.11. The Labute approximate surface area is 99.5 Å². The van der Waals surface area contributed by atoms with Gasteiger partial charge in [0.2, 0.25) is 0 Å². The van der Waals surface area contributed by atoms with Crippen molar-refractivity contribution in [1.29, 1.82) is 0 Å². The smallest absolute Gasteiger partial charge is 0.0636 e. The molecule has 1 aromatic heterocycles. The minimum Gasteiger partial charge on any atom is -0.152 e. The monoisotopic (exact) mass is 236 g/mol. The molecule has 0 fully saturated rings. The average molecular weight is 237 g/mol. The highest BCUT2D eigenvalue weighted by molar-refractivity contribution is 7.08. The molecule has 0 aliphatic rings. The molecule has 2 heteroatoms. The Hall–Kier alpha value is -0.790. The van der Waals surface area contributed by atoms with E-state index >= 15 is 0 Å². The highest BCUT2D eigenvalue weighted by Gasteiger charge is 2.11. The lowest BCUT2D eigenvalue weighted by molar-refractivity contribution is 0.916. The van der Waals surface area contributed by atoms with Crippen molar-refractivity contribution in [1.82, 2.24) is 0 Å². The molecule has 0 radical (unpaired) electrons. The Kier molecular flexibility index (Phi) is 3.45. The van der Waals surface area contributed by atoms with E-state index in [2.05, 4.69) is 41.9 Å². The quantitative estimate of drug-likeness (QED) is 0.685. The molecule has 0 amide bonds. The van der Waals surface area contributed by atoms with Crippen LogP contribution in [0.5, 0.6) is 0 Å². The second-order valence-electron chi connectivity index (χ2n) is 3.67. The molecule has 1 unspecified atom stereocenters. The topological polar surface area (TPSA) is 0 Å². The van der Waals surface area contributed by atoms with Crippen LogP contribution in [0.15, 0.2) is 41.1 Å². The third-order valence-electron chi connectivity index (χ3n) is 2.49. The Morgan fingerprint density at radius 1 is 1.20 bits per heavy atom. The molecule has 0 N–H and O–H groups in total. The van der Waals surface area contributed by atoms with Crippen molar-refractivity contribution in [2.45, 2.75) is 18.7 Å². The zero-order valence-corrected chi connectivity index (χ0v) is 10.2. The number of rotatable bonds is 3. The summed E-state index contributed by atoms with van der Waals surface area (Å²) in [7, 11) is 0. The van der Waals surface area contributed by atoms with Crippen molar-refractivity contribution in [3.8, 4) is 0 Å². The van der Waals surface area contributed by atoms with Crippen LogP contribution in [0.4, 0.5) is 0 Å². The van der Waals surface area contributed by atoms with Gasteiger partial charge in [-0.15, -0.1) is 11.6 Å². The third kappa shape index (κ3) is 2.61. The van der Waals surface area contributed by atoms with Gasteiger partial charge in [-0.3, -0.25) is 0 Å². The molecule has 0 aliphatic heterocycles. The third-order valence-corrected chi connectivity index (χ3v) is 3.76. The van der Waals surface area contributed by atoms with Gasteiger partial charge in [-0.05, 0) is 40.8 Å². The summed E-state index contributed by atoms with van der Waals surface area (Å²) in [5.74, 6) is 0. The molecule has 0 aliphatic carbocycles. The molecule has 1 heterocycles. The molecule has 78 valence electrons. The van der Waals surface area contributed by atoms with Crippen molar-refractivity contribution in [3.05, 3.63) is 57.8 Å². The van der Waals surface area contributed by atoms with Gasteiger partial charge in [-0.25, -0.2) is 0 Å². The van der Waals surface area contributed by atoms with Crippen molar-refractivity contribution in [3.63, 3.8) is 0 Å². The largest absolute Gasteiger partial charge is 0.152 e. The zero-order valence-electron chi connectivity index (χ0n) is 8.61. The second-order valence-corrected chi connectivity index (χ2v) is 4.94. The maximum Gasteiger partial charge on any atom is 0.0636 e. The van der Waals surface area contributed by atoms with E-state index in [0.29, 0.717) is 0 Å². The first-order valence-electron chi connectivity index (χ1n) is 4.98. The van der Waals surface area contributed by atoms with Crippen LogP contribution in [0, 0.1) is 6.92 Å². The lowest BCUT2D eigenvalue weighted by Gasteiger charge is -2.09. The SMILES string of the molecule is Cc1cscc1C(Cl)Cc1ccccc1. The van der Waals surface area contributed by atoms with Crippen LogP contribution < -0.4 is 0 Å². The number of hydrogen-bond acceptors (Lipinski definition) is 1. The van der Waals surface area contributed by atoms with E-state index in [1.54, 1.807) is 11.3 Å². The molecule has 2 rings (SSSR count). The van der Waals surface area contributed by atoms with E-state index in [1.165, 1.54) is 16.7 Å². The van der Waals surface area contributed by atoms with Gasteiger partial charge in [0.25, 0.3) is 0 Å². The predicted octanol–water partition coefficient (Wildman–Crippen LogP) is 4.58. The number of alkyl halides is 1. The molecule has 2 aromatic rings. The summed E-state index contributed by atoms with van der Waals surface area (Å²) in [5.41, 5.74) is 3.87. The van der Waals surface area contributed by atoms with Gasteiger partial charge in [0.15, 0.2) is 0 Å². The van der Waals surface area contributed by atoms with Gasteiger partial charge in [0, 0.05) is 0 Å². The summed E-state index contributed by atoms with van der Waals surface area (Å²) in [5, 5.41) is 4.39. The minimum atomic E-state index is 0.0960. The predicted molar refractivity (Wildman–Crippen MR) is 67.8 cm³/mol. The van der Waals surface area contributed by atoms with Gasteiger partial charge >= 0.3 is 0 Å². The molecule has 0 saturated carbocycles. The fourth-order valence-electron chi connectivity index (χ4n) is 1.62. The van der Waals surface area contributed by atoms with Gasteiger partial charge in [-0.1, -0.05) is 30.3 Å². The normalized spacial score (nSPS) is 12.7. The van der Waals surface area contributed by atoms with Gasteiger partial charge in [0.05, 0.1) is 5.38 Å². The van der Waals surface area contributed by atoms with Crippen molar-refractivity contribution in [2.24, 2.45) is 0 Å². The highest BCUT2D eigenvalue weighted by Crippen LogP contribution is 2.29. The maximum atomic E-state index is 6.39. The number of thiophene rings is 1. The van der Waals surface area contributed by atoms with Crippen LogP contribution in [-0.4, -0.2) is 0 Å². The number of benzene rings is 1. The molecule has 0 spiro atoms. The van der Waals surface area contributed by atoms with Crippen molar-refractivity contribution >= 4 is 22.9 Å². The van der Waals surface area contributed by atoms with E-state index in [4.69, 9.17) is 11.6 Å². The molecule has 0 saturated heterocycles. The Morgan fingerprint density at radius 3 is 2.53 bits per heavy atom. The Balaban J connectivity index is 2.11. The van der Waals surface area contributed by atoms with E-state index in [-0.39, 0.29) is 5.38 Å². The fraction of sp³-hybridized carbons (Fsp3) is 0.231. The first kappa shape index (κ1) is 10.7. The van der Waals surface area contributed by atoms with Gasteiger partial charge in [0.1, 0.15) is 0 Å². The lowest BCUT2D eigenvalue weighted by Crippen LogP contribution is -1.95. The van der Waals surface area contributed by atoms with Crippen LogP contribution in [0.1, 0.15) is 22.1 Å². The van der Waals surface area contributed by atoms with Crippen LogP contribution in [0.3, 0.4) is 0 Å². The van der Waals surface area contributed by atoms with Crippen LogP contribution in [0.2, 0.25) is 0 Å². The standard InChI is InChI=1S/C13H13ClS/c1-10-8-15-9-12(10)13(14)7-11-5-3-2-4-6-11/h2-6,8-9,13H,7H2,1H3. The Bertz CT molecular complexity index is 419. The molecule has 0 bridgehead atoms. The average Bonchev–Trinajstić information content (AvgIpc) is 2.66. The zero-order chi connectivity index (χ0) is 10.7. The molecule has 15 heavy (non-hydrogen) atoms. The highest BCUT2D eigenvalue weighted by atomic mass is 35.5. The van der Waals surface area contributed by atoms with Gasteiger partial charge in [-0.2, -0.15) is 11.3 Å². The summed E-state index contributed by atoms with van der Waals surface area (Å²) in [6.45, 7) is 2.12. The lowest BCUT2D eigenvalue weighted by atomic mass is 10.0. The van der Waals surface area contributed by atoms with Crippen LogP contribution in [0.25, 0.3) is 0 Å². The molecule has 1 aromatic carbocycles. The molecule has 1 atom stereocenters. The van der Waals surface area contributed by atoms with Crippen LogP contribution in [-0.2, 0) is 6.42 Å². The number of halogens is 1. The first-order chi connectivity index (χ1) is 7.27. The second kappa shape index (κ2) is 4.82. The molecular formula is C13H13ClS. The fourth-order valence-corrected chi connectivity index (χ4v) is 3.02. The van der Waals surface area contributed by atoms with E-state index in [1.807, 2.05) is 6.07 Å². The number of hydrogen-bond donors (Lipinski definition) is 0. The van der Waals surface area contributed by atoms with E-state index < -0.39 is 0 Å². The molecule has 0 nitrogen and oxygen atoms in total. The number of aryl methyl sites for hydroxylation is 1. The van der Waals surface area contributed by atoms with Gasteiger partial charge < -0.3 is 0 Å². The van der Waals surface area contributed by atoms with E-state index in [9.17, 15) is 0 Å². The summed E-state index contributed by atoms with van der Waals surface area (Å²) < 4.78 is 0. The summed E-state index contributed by atoms with van der Waals surface area (Å²) in [6.07, 6.45) is 0.903. The van der Waals surface area contributed by atoms with Crippen molar-refractivity contribution in [2.75, 3.05) is 0 Å². The van der Waals surface area contributed by atoms with Crippen molar-refractivity contribution < 1.29 is 0 Å². The van der Waals surface area contributed by atoms with Crippen LogP contribution >= 0.6 is 22.9 Å². The summed E-state index contributed by atoms with van der Waals surface area (Å²) in [6, 6.07) is 10.4.